The van der Waals surface area contributed by atoms with Crippen molar-refractivity contribution < 1.29 is 9.53 Å². The van der Waals surface area contributed by atoms with Gasteiger partial charge in [-0.1, -0.05) is 26.0 Å². The van der Waals surface area contributed by atoms with E-state index in [4.69, 9.17) is 4.74 Å². The van der Waals surface area contributed by atoms with Gasteiger partial charge in [-0.15, -0.1) is 12.4 Å². The number of carbonyl (C=O) groups is 1. The SMILES string of the molecule is CCCOc1ccccc1NC(=O)C(C)C1CNC1.Cl. The van der Waals surface area contributed by atoms with Crippen LogP contribution in [-0.2, 0) is 4.79 Å². The first kappa shape index (κ1) is 16.8. The molecule has 4 nitrogen and oxygen atoms in total. The van der Waals surface area contributed by atoms with Crippen LogP contribution in [0.4, 0.5) is 5.69 Å². The van der Waals surface area contributed by atoms with Crippen molar-refractivity contribution in [3.63, 3.8) is 0 Å². The molecule has 2 rings (SSSR count). The summed E-state index contributed by atoms with van der Waals surface area (Å²) >= 11 is 0. The summed E-state index contributed by atoms with van der Waals surface area (Å²) < 4.78 is 5.64. The second kappa shape index (κ2) is 8.12. The lowest BCUT2D eigenvalue weighted by atomic mass is 9.88. The Labute approximate surface area is 126 Å². The third-order valence-corrected chi connectivity index (χ3v) is 3.54. The number of hydrogen-bond acceptors (Lipinski definition) is 3. The average molecular weight is 299 g/mol. The van der Waals surface area contributed by atoms with Gasteiger partial charge in [0.1, 0.15) is 5.75 Å². The molecule has 0 bridgehead atoms. The van der Waals surface area contributed by atoms with Crippen molar-refractivity contribution in [2.45, 2.75) is 20.3 Å². The summed E-state index contributed by atoms with van der Waals surface area (Å²) in [5.41, 5.74) is 0.764. The zero-order valence-corrected chi connectivity index (χ0v) is 12.8. The molecule has 2 N–H and O–H groups in total. The maximum Gasteiger partial charge on any atom is 0.227 e. The molecule has 0 aromatic heterocycles. The van der Waals surface area contributed by atoms with Crippen molar-refractivity contribution in [1.29, 1.82) is 0 Å². The molecular weight excluding hydrogens is 276 g/mol. The Hall–Kier alpha value is -1.26. The molecule has 1 atom stereocenters. The van der Waals surface area contributed by atoms with Crippen LogP contribution < -0.4 is 15.4 Å². The molecule has 0 aliphatic carbocycles. The van der Waals surface area contributed by atoms with E-state index >= 15 is 0 Å². The number of amides is 1. The van der Waals surface area contributed by atoms with Crippen LogP contribution in [0.2, 0.25) is 0 Å². The van der Waals surface area contributed by atoms with Crippen molar-refractivity contribution in [2.75, 3.05) is 25.0 Å². The van der Waals surface area contributed by atoms with Gasteiger partial charge in [-0.25, -0.2) is 0 Å². The van der Waals surface area contributed by atoms with E-state index in [1.54, 1.807) is 0 Å². The van der Waals surface area contributed by atoms with Gasteiger partial charge in [-0.3, -0.25) is 4.79 Å². The fourth-order valence-corrected chi connectivity index (χ4v) is 2.03. The normalized spacial score (nSPS) is 15.7. The van der Waals surface area contributed by atoms with Crippen LogP contribution in [-0.4, -0.2) is 25.6 Å². The third-order valence-electron chi connectivity index (χ3n) is 3.54. The van der Waals surface area contributed by atoms with Crippen LogP contribution in [0.3, 0.4) is 0 Å². The number of nitrogens with one attached hydrogen (secondary N) is 2. The van der Waals surface area contributed by atoms with E-state index in [9.17, 15) is 4.79 Å². The number of carbonyl (C=O) groups excluding carboxylic acids is 1. The van der Waals surface area contributed by atoms with Crippen LogP contribution in [0.25, 0.3) is 0 Å². The Bertz CT molecular complexity index is 436. The van der Waals surface area contributed by atoms with Crippen LogP contribution in [0, 0.1) is 11.8 Å². The van der Waals surface area contributed by atoms with Crippen LogP contribution in [0.5, 0.6) is 5.75 Å². The van der Waals surface area contributed by atoms with Crippen molar-refractivity contribution >= 4 is 24.0 Å². The lowest BCUT2D eigenvalue weighted by Gasteiger charge is -2.31. The Balaban J connectivity index is 0.00000200. The van der Waals surface area contributed by atoms with E-state index in [1.165, 1.54) is 0 Å². The second-order valence-electron chi connectivity index (χ2n) is 5.04. The largest absolute Gasteiger partial charge is 0.491 e. The van der Waals surface area contributed by atoms with E-state index in [0.29, 0.717) is 12.5 Å². The first-order chi connectivity index (χ1) is 9.22. The number of halogens is 1. The van der Waals surface area contributed by atoms with Crippen LogP contribution in [0.15, 0.2) is 24.3 Å². The molecule has 5 heteroatoms. The van der Waals surface area contributed by atoms with Crippen molar-refractivity contribution in [3.05, 3.63) is 24.3 Å². The number of benzene rings is 1. The summed E-state index contributed by atoms with van der Waals surface area (Å²) in [5, 5.41) is 6.17. The summed E-state index contributed by atoms with van der Waals surface area (Å²) in [6, 6.07) is 7.60. The minimum atomic E-state index is 0. The average Bonchev–Trinajstić information content (AvgIpc) is 2.35. The fraction of sp³-hybridized carbons (Fsp3) is 0.533. The van der Waals surface area contributed by atoms with Crippen molar-refractivity contribution in [3.8, 4) is 5.75 Å². The maximum atomic E-state index is 12.2. The molecule has 0 spiro atoms. The van der Waals surface area contributed by atoms with Crippen molar-refractivity contribution in [2.24, 2.45) is 11.8 Å². The zero-order valence-electron chi connectivity index (χ0n) is 12.0. The molecule has 0 radical (unpaired) electrons. The van der Waals surface area contributed by atoms with E-state index in [-0.39, 0.29) is 24.2 Å². The summed E-state index contributed by atoms with van der Waals surface area (Å²) in [6.07, 6.45) is 0.951. The monoisotopic (exact) mass is 298 g/mol. The highest BCUT2D eigenvalue weighted by molar-refractivity contribution is 5.94. The molecule has 1 saturated heterocycles. The molecule has 1 fully saturated rings. The van der Waals surface area contributed by atoms with E-state index in [2.05, 4.69) is 17.6 Å². The molecule has 1 aromatic rings. The van der Waals surface area contributed by atoms with E-state index in [1.807, 2.05) is 31.2 Å². The van der Waals surface area contributed by atoms with Gasteiger partial charge in [0.2, 0.25) is 5.91 Å². The smallest absolute Gasteiger partial charge is 0.227 e. The predicted molar refractivity (Wildman–Crippen MR) is 83.6 cm³/mol. The number of anilines is 1. The second-order valence-corrected chi connectivity index (χ2v) is 5.04. The molecule has 1 heterocycles. The minimum absolute atomic E-state index is 0. The molecule has 1 aliphatic heterocycles. The topological polar surface area (TPSA) is 50.4 Å². The zero-order chi connectivity index (χ0) is 13.7. The quantitative estimate of drug-likeness (QED) is 0.849. The van der Waals surface area contributed by atoms with Gasteiger partial charge < -0.3 is 15.4 Å². The van der Waals surface area contributed by atoms with Crippen LogP contribution >= 0.6 is 12.4 Å². The van der Waals surface area contributed by atoms with E-state index < -0.39 is 0 Å². The molecule has 1 aromatic carbocycles. The fourth-order valence-electron chi connectivity index (χ4n) is 2.03. The molecule has 1 amide bonds. The first-order valence-corrected chi connectivity index (χ1v) is 6.95. The number of ether oxygens (including phenoxy) is 1. The highest BCUT2D eigenvalue weighted by Crippen LogP contribution is 2.26. The predicted octanol–water partition coefficient (Wildman–Crippen LogP) is 2.69. The van der Waals surface area contributed by atoms with Gasteiger partial charge in [0, 0.05) is 5.92 Å². The van der Waals surface area contributed by atoms with Gasteiger partial charge in [0.25, 0.3) is 0 Å². The Morgan fingerprint density at radius 3 is 2.75 bits per heavy atom. The number of hydrogen-bond donors (Lipinski definition) is 2. The van der Waals surface area contributed by atoms with Gasteiger partial charge in [0.05, 0.1) is 12.3 Å². The summed E-state index contributed by atoms with van der Waals surface area (Å²) in [5.74, 6) is 1.29. The lowest BCUT2D eigenvalue weighted by molar-refractivity contribution is -0.121. The molecular formula is C15H23ClN2O2. The van der Waals surface area contributed by atoms with Gasteiger partial charge in [-0.2, -0.15) is 0 Å². The molecule has 0 saturated carbocycles. The maximum absolute atomic E-state index is 12.2. The van der Waals surface area contributed by atoms with Gasteiger partial charge in [-0.05, 0) is 37.6 Å². The highest BCUT2D eigenvalue weighted by atomic mass is 35.5. The van der Waals surface area contributed by atoms with Crippen LogP contribution in [0.1, 0.15) is 20.3 Å². The molecule has 1 unspecified atom stereocenters. The van der Waals surface area contributed by atoms with E-state index in [0.717, 1.165) is 30.9 Å². The summed E-state index contributed by atoms with van der Waals surface area (Å²) in [6.45, 7) is 6.57. The third kappa shape index (κ3) is 4.12. The minimum Gasteiger partial charge on any atom is -0.491 e. The molecule has 1 aliphatic rings. The Morgan fingerprint density at radius 2 is 2.15 bits per heavy atom. The van der Waals surface area contributed by atoms with Crippen molar-refractivity contribution in [1.82, 2.24) is 5.32 Å². The Kier molecular flexibility index (Phi) is 6.82. The number of rotatable bonds is 6. The molecule has 20 heavy (non-hydrogen) atoms. The summed E-state index contributed by atoms with van der Waals surface area (Å²) in [4.78, 5) is 12.2. The number of para-hydroxylation sites is 2. The van der Waals surface area contributed by atoms with Gasteiger partial charge >= 0.3 is 0 Å². The molecule has 112 valence electrons. The highest BCUT2D eigenvalue weighted by Gasteiger charge is 2.28. The van der Waals surface area contributed by atoms with Gasteiger partial charge in [0.15, 0.2) is 0 Å². The standard InChI is InChI=1S/C15H22N2O2.ClH/c1-3-8-19-14-7-5-4-6-13(14)17-15(18)11(2)12-9-16-10-12;/h4-7,11-12,16H,3,8-10H2,1-2H3,(H,17,18);1H. The lowest BCUT2D eigenvalue weighted by Crippen LogP contribution is -2.48. The summed E-state index contributed by atoms with van der Waals surface area (Å²) in [7, 11) is 0. The first-order valence-electron chi connectivity index (χ1n) is 6.95. The Morgan fingerprint density at radius 1 is 1.45 bits per heavy atom.